The summed E-state index contributed by atoms with van der Waals surface area (Å²) in [5, 5.41) is 0. The maximum Gasteiger partial charge on any atom is 0.254 e. The average Bonchev–Trinajstić information content (AvgIpc) is 3.17. The Labute approximate surface area is 119 Å². The van der Waals surface area contributed by atoms with Crippen LogP contribution in [0.4, 0.5) is 5.69 Å². The second-order valence-electron chi connectivity index (χ2n) is 5.04. The molecule has 0 spiro atoms. The first kappa shape index (κ1) is 14.6. The van der Waals surface area contributed by atoms with Crippen molar-refractivity contribution in [3.05, 3.63) is 36.4 Å². The minimum Gasteiger partial charge on any atom is -0.399 e. The Kier molecular flexibility index (Phi) is 3.85. The van der Waals surface area contributed by atoms with Crippen LogP contribution >= 0.6 is 0 Å². The Hall–Kier alpha value is -1.82. The standard InChI is InChI=1S/C14H18N2O3S/c1-3-6-16(12-4-5-12)14(17)10-7-11(15)9-13(8-10)20(2,18)19/h3,7-9,12H,1,4-6,15H2,2H3. The molecule has 1 saturated carbocycles. The molecule has 108 valence electrons. The molecule has 0 radical (unpaired) electrons. The molecule has 5 nitrogen and oxygen atoms in total. The van der Waals surface area contributed by atoms with E-state index in [1.165, 1.54) is 18.2 Å². The fourth-order valence-corrected chi connectivity index (χ4v) is 2.74. The molecule has 1 aliphatic carbocycles. The van der Waals surface area contributed by atoms with Crippen LogP contribution < -0.4 is 5.73 Å². The van der Waals surface area contributed by atoms with Gasteiger partial charge in [-0.25, -0.2) is 8.42 Å². The number of carbonyl (C=O) groups is 1. The minimum absolute atomic E-state index is 0.0650. The lowest BCUT2D eigenvalue weighted by Gasteiger charge is -2.21. The molecule has 0 aliphatic heterocycles. The van der Waals surface area contributed by atoms with Crippen LogP contribution in [-0.4, -0.2) is 38.1 Å². The van der Waals surface area contributed by atoms with Crippen molar-refractivity contribution in [1.29, 1.82) is 0 Å². The topological polar surface area (TPSA) is 80.5 Å². The molecule has 1 aliphatic rings. The molecule has 6 heteroatoms. The van der Waals surface area contributed by atoms with E-state index in [2.05, 4.69) is 6.58 Å². The highest BCUT2D eigenvalue weighted by atomic mass is 32.2. The van der Waals surface area contributed by atoms with E-state index < -0.39 is 9.84 Å². The van der Waals surface area contributed by atoms with E-state index in [9.17, 15) is 13.2 Å². The van der Waals surface area contributed by atoms with Crippen molar-refractivity contribution in [2.45, 2.75) is 23.8 Å². The van der Waals surface area contributed by atoms with Crippen molar-refractivity contribution >= 4 is 21.4 Å². The molecule has 2 N–H and O–H groups in total. The van der Waals surface area contributed by atoms with Crippen LogP contribution in [0.2, 0.25) is 0 Å². The van der Waals surface area contributed by atoms with Gasteiger partial charge in [-0.05, 0) is 31.0 Å². The number of hydrogen-bond donors (Lipinski definition) is 1. The van der Waals surface area contributed by atoms with Crippen LogP contribution in [0.5, 0.6) is 0 Å². The number of carbonyl (C=O) groups excluding carboxylic acids is 1. The van der Waals surface area contributed by atoms with Crippen LogP contribution in [0.15, 0.2) is 35.7 Å². The van der Waals surface area contributed by atoms with Gasteiger partial charge in [0.1, 0.15) is 0 Å². The Morgan fingerprint density at radius 1 is 1.45 bits per heavy atom. The largest absolute Gasteiger partial charge is 0.399 e. The van der Waals surface area contributed by atoms with E-state index in [0.29, 0.717) is 12.1 Å². The fourth-order valence-electron chi connectivity index (χ4n) is 2.05. The van der Waals surface area contributed by atoms with Crippen molar-refractivity contribution in [2.75, 3.05) is 18.5 Å². The van der Waals surface area contributed by atoms with E-state index in [0.717, 1.165) is 19.1 Å². The van der Waals surface area contributed by atoms with Crippen molar-refractivity contribution < 1.29 is 13.2 Å². The predicted molar refractivity (Wildman–Crippen MR) is 78.2 cm³/mol. The molecule has 1 aromatic carbocycles. The first-order chi connectivity index (χ1) is 9.32. The lowest BCUT2D eigenvalue weighted by molar-refractivity contribution is 0.0762. The molecule has 0 bridgehead atoms. The lowest BCUT2D eigenvalue weighted by Crippen LogP contribution is -2.33. The molecule has 0 aromatic heterocycles. The summed E-state index contributed by atoms with van der Waals surface area (Å²) in [5.74, 6) is -0.204. The zero-order chi connectivity index (χ0) is 14.9. The van der Waals surface area contributed by atoms with Crippen LogP contribution in [0, 0.1) is 0 Å². The van der Waals surface area contributed by atoms with Crippen LogP contribution in [0.3, 0.4) is 0 Å². The van der Waals surface area contributed by atoms with Gasteiger partial charge in [0.25, 0.3) is 5.91 Å². The van der Waals surface area contributed by atoms with Crippen molar-refractivity contribution in [3.8, 4) is 0 Å². The zero-order valence-electron chi connectivity index (χ0n) is 11.4. The Bertz CT molecular complexity index is 648. The van der Waals surface area contributed by atoms with Crippen LogP contribution in [0.1, 0.15) is 23.2 Å². The van der Waals surface area contributed by atoms with E-state index in [-0.39, 0.29) is 22.5 Å². The molecule has 2 rings (SSSR count). The lowest BCUT2D eigenvalue weighted by atomic mass is 10.1. The quantitative estimate of drug-likeness (QED) is 0.658. The number of nitrogens with two attached hydrogens (primary N) is 1. The SMILES string of the molecule is C=CCN(C(=O)c1cc(N)cc(S(C)(=O)=O)c1)C1CC1. The van der Waals surface area contributed by atoms with Gasteiger partial charge in [0.05, 0.1) is 4.90 Å². The van der Waals surface area contributed by atoms with Gasteiger partial charge in [-0.3, -0.25) is 4.79 Å². The average molecular weight is 294 g/mol. The summed E-state index contributed by atoms with van der Waals surface area (Å²) in [4.78, 5) is 14.2. The summed E-state index contributed by atoms with van der Waals surface area (Å²) in [6, 6.07) is 4.48. The highest BCUT2D eigenvalue weighted by Gasteiger charge is 2.32. The first-order valence-corrected chi connectivity index (χ1v) is 8.24. The van der Waals surface area contributed by atoms with Crippen LogP contribution in [0.25, 0.3) is 0 Å². The summed E-state index contributed by atoms with van der Waals surface area (Å²) >= 11 is 0. The summed E-state index contributed by atoms with van der Waals surface area (Å²) in [7, 11) is -3.39. The summed E-state index contributed by atoms with van der Waals surface area (Å²) in [5.41, 5.74) is 6.28. The van der Waals surface area contributed by atoms with Gasteiger partial charge in [0, 0.05) is 30.1 Å². The summed E-state index contributed by atoms with van der Waals surface area (Å²) in [6.07, 6.45) is 4.71. The molecule has 0 heterocycles. The molecule has 1 aromatic rings. The Morgan fingerprint density at radius 2 is 2.10 bits per heavy atom. The number of amides is 1. The molecule has 0 atom stereocenters. The van der Waals surface area contributed by atoms with Crippen molar-refractivity contribution in [1.82, 2.24) is 4.90 Å². The van der Waals surface area contributed by atoms with Gasteiger partial charge in [0.15, 0.2) is 9.84 Å². The number of rotatable bonds is 5. The van der Waals surface area contributed by atoms with Crippen molar-refractivity contribution in [2.24, 2.45) is 0 Å². The van der Waals surface area contributed by atoms with Gasteiger partial charge < -0.3 is 10.6 Å². The molecule has 1 amide bonds. The minimum atomic E-state index is -3.39. The third-order valence-corrected chi connectivity index (χ3v) is 4.27. The zero-order valence-corrected chi connectivity index (χ0v) is 12.2. The van der Waals surface area contributed by atoms with Crippen molar-refractivity contribution in [3.63, 3.8) is 0 Å². The number of sulfone groups is 1. The van der Waals surface area contributed by atoms with Gasteiger partial charge in [-0.15, -0.1) is 6.58 Å². The third-order valence-electron chi connectivity index (χ3n) is 3.18. The van der Waals surface area contributed by atoms with E-state index >= 15 is 0 Å². The van der Waals surface area contributed by atoms with Gasteiger partial charge in [0.2, 0.25) is 0 Å². The number of benzene rings is 1. The fraction of sp³-hybridized carbons (Fsp3) is 0.357. The highest BCUT2D eigenvalue weighted by Crippen LogP contribution is 2.29. The summed E-state index contributed by atoms with van der Waals surface area (Å²) in [6.45, 7) is 4.10. The predicted octanol–water partition coefficient (Wildman–Crippen LogP) is 1.46. The van der Waals surface area contributed by atoms with E-state index in [1.54, 1.807) is 11.0 Å². The Morgan fingerprint density at radius 3 is 2.60 bits per heavy atom. The van der Waals surface area contributed by atoms with E-state index in [1.807, 2.05) is 0 Å². The summed E-state index contributed by atoms with van der Waals surface area (Å²) < 4.78 is 23.2. The number of nitrogens with zero attached hydrogens (tertiary/aromatic N) is 1. The number of hydrogen-bond acceptors (Lipinski definition) is 4. The van der Waals surface area contributed by atoms with Gasteiger partial charge in [-0.1, -0.05) is 6.08 Å². The number of anilines is 1. The molecule has 1 fully saturated rings. The van der Waals surface area contributed by atoms with Gasteiger partial charge in [-0.2, -0.15) is 0 Å². The maximum atomic E-state index is 12.5. The first-order valence-electron chi connectivity index (χ1n) is 6.35. The molecule has 20 heavy (non-hydrogen) atoms. The molecule has 0 unspecified atom stereocenters. The smallest absolute Gasteiger partial charge is 0.254 e. The molecular formula is C14H18N2O3S. The third kappa shape index (κ3) is 3.19. The second-order valence-corrected chi connectivity index (χ2v) is 7.06. The van der Waals surface area contributed by atoms with E-state index in [4.69, 9.17) is 5.73 Å². The monoisotopic (exact) mass is 294 g/mol. The molecular weight excluding hydrogens is 276 g/mol. The van der Waals surface area contributed by atoms with Gasteiger partial charge >= 0.3 is 0 Å². The normalized spacial score (nSPS) is 14.8. The number of nitrogen functional groups attached to an aromatic ring is 1. The Balaban J connectivity index is 2.38. The molecule has 0 saturated heterocycles. The van der Waals surface area contributed by atoms with Crippen LogP contribution in [-0.2, 0) is 9.84 Å². The highest BCUT2D eigenvalue weighted by molar-refractivity contribution is 7.90. The second kappa shape index (κ2) is 5.28. The maximum absolute atomic E-state index is 12.5.